The highest BCUT2D eigenvalue weighted by atomic mass is 35.5. The minimum Gasteiger partial charge on any atom is -0.445 e. The molecule has 0 amide bonds. The Balaban J connectivity index is 2.10. The van der Waals surface area contributed by atoms with Gasteiger partial charge in [0.05, 0.1) is 0 Å². The smallest absolute Gasteiger partial charge is 0.198 e. The maximum absolute atomic E-state index is 5.85. The molecule has 1 nitrogen and oxygen atoms in total. The summed E-state index contributed by atoms with van der Waals surface area (Å²) >= 11 is 11.1. The van der Waals surface area contributed by atoms with Crippen LogP contribution in [0.3, 0.4) is 0 Å². The second kappa shape index (κ2) is 5.94. The van der Waals surface area contributed by atoms with Crippen LogP contribution in [0.5, 0.6) is 5.75 Å². The summed E-state index contributed by atoms with van der Waals surface area (Å²) in [7, 11) is 0. The molecule has 3 heteroatoms. The van der Waals surface area contributed by atoms with Gasteiger partial charge in [-0.2, -0.15) is 0 Å². The van der Waals surface area contributed by atoms with Gasteiger partial charge in [-0.1, -0.05) is 44.5 Å². The first-order valence-electron chi connectivity index (χ1n) is 6.44. The molecule has 0 bridgehead atoms. The van der Waals surface area contributed by atoms with Gasteiger partial charge in [-0.15, -0.1) is 0 Å². The van der Waals surface area contributed by atoms with Crippen LogP contribution >= 0.6 is 23.8 Å². The van der Waals surface area contributed by atoms with Crippen LogP contribution in [0.1, 0.15) is 31.9 Å². The standard InChI is InChI=1S/C17H17ClOS/c1-17(2,3)13-6-10-15(11-7-13)19-16(20)12-4-8-14(18)9-5-12/h4-11H,1-3H3. The molecule has 0 aromatic heterocycles. The van der Waals surface area contributed by atoms with E-state index in [1.165, 1.54) is 5.56 Å². The zero-order chi connectivity index (χ0) is 14.8. The fraction of sp³-hybridized carbons (Fsp3) is 0.235. The SMILES string of the molecule is CC(C)(C)c1ccc(OC(=S)c2ccc(Cl)cc2)cc1. The van der Waals surface area contributed by atoms with Gasteiger partial charge in [-0.05, 0) is 59.6 Å². The Labute approximate surface area is 130 Å². The molecule has 104 valence electrons. The maximum Gasteiger partial charge on any atom is 0.198 e. The molecule has 0 aliphatic heterocycles. The van der Waals surface area contributed by atoms with Crippen molar-refractivity contribution >= 4 is 28.9 Å². The van der Waals surface area contributed by atoms with Gasteiger partial charge in [0, 0.05) is 10.6 Å². The van der Waals surface area contributed by atoms with Gasteiger partial charge in [0.2, 0.25) is 0 Å². The molecule has 0 radical (unpaired) electrons. The summed E-state index contributed by atoms with van der Waals surface area (Å²) in [4.78, 5) is 0. The second-order valence-electron chi connectivity index (χ2n) is 5.67. The molecule has 0 aliphatic carbocycles. The van der Waals surface area contributed by atoms with E-state index < -0.39 is 0 Å². The summed E-state index contributed by atoms with van der Waals surface area (Å²) < 4.78 is 5.70. The van der Waals surface area contributed by atoms with Crippen LogP contribution in [-0.2, 0) is 5.41 Å². The zero-order valence-electron chi connectivity index (χ0n) is 11.8. The van der Waals surface area contributed by atoms with Gasteiger partial charge >= 0.3 is 0 Å². The van der Waals surface area contributed by atoms with E-state index in [4.69, 9.17) is 28.6 Å². The molecule has 0 spiro atoms. The van der Waals surface area contributed by atoms with Gasteiger partial charge in [0.1, 0.15) is 5.75 Å². The molecule has 20 heavy (non-hydrogen) atoms. The average Bonchev–Trinajstić information content (AvgIpc) is 2.39. The molecule has 0 heterocycles. The Hall–Kier alpha value is -1.38. The first kappa shape index (κ1) is 15.0. The van der Waals surface area contributed by atoms with Gasteiger partial charge < -0.3 is 4.74 Å². The quantitative estimate of drug-likeness (QED) is 0.688. The number of halogens is 1. The van der Waals surface area contributed by atoms with Crippen molar-refractivity contribution in [1.82, 2.24) is 0 Å². The Bertz CT molecular complexity index is 594. The summed E-state index contributed by atoms with van der Waals surface area (Å²) in [6.07, 6.45) is 0. The number of benzene rings is 2. The fourth-order valence-electron chi connectivity index (χ4n) is 1.77. The molecule has 0 atom stereocenters. The first-order chi connectivity index (χ1) is 9.36. The van der Waals surface area contributed by atoms with E-state index in [-0.39, 0.29) is 5.41 Å². The van der Waals surface area contributed by atoms with Crippen molar-refractivity contribution in [2.24, 2.45) is 0 Å². The van der Waals surface area contributed by atoms with E-state index in [9.17, 15) is 0 Å². The van der Waals surface area contributed by atoms with Gasteiger partial charge in [-0.25, -0.2) is 0 Å². The summed E-state index contributed by atoms with van der Waals surface area (Å²) in [6.45, 7) is 6.55. The molecular weight excluding hydrogens is 288 g/mol. The predicted molar refractivity (Wildman–Crippen MR) is 88.9 cm³/mol. The number of rotatable bonds is 2. The van der Waals surface area contributed by atoms with Crippen molar-refractivity contribution in [1.29, 1.82) is 0 Å². The van der Waals surface area contributed by atoms with Crippen molar-refractivity contribution < 1.29 is 4.74 Å². The highest BCUT2D eigenvalue weighted by molar-refractivity contribution is 7.80. The van der Waals surface area contributed by atoms with Crippen LogP contribution in [0.15, 0.2) is 48.5 Å². The summed E-state index contributed by atoms with van der Waals surface area (Å²) in [6, 6.07) is 15.3. The summed E-state index contributed by atoms with van der Waals surface area (Å²) in [5.41, 5.74) is 2.25. The molecular formula is C17H17ClOS. The van der Waals surface area contributed by atoms with Crippen molar-refractivity contribution in [3.63, 3.8) is 0 Å². The topological polar surface area (TPSA) is 9.23 Å². The zero-order valence-corrected chi connectivity index (χ0v) is 13.4. The molecule has 2 aromatic carbocycles. The van der Waals surface area contributed by atoms with E-state index in [1.54, 1.807) is 12.1 Å². The van der Waals surface area contributed by atoms with Crippen LogP contribution in [0.2, 0.25) is 5.02 Å². The normalized spacial score (nSPS) is 11.2. The Kier molecular flexibility index (Phi) is 4.46. The maximum atomic E-state index is 5.85. The van der Waals surface area contributed by atoms with Crippen LogP contribution < -0.4 is 4.74 Å². The van der Waals surface area contributed by atoms with E-state index in [0.29, 0.717) is 10.1 Å². The highest BCUT2D eigenvalue weighted by Crippen LogP contribution is 2.24. The number of hydrogen-bond acceptors (Lipinski definition) is 2. The second-order valence-corrected chi connectivity index (χ2v) is 6.48. The van der Waals surface area contributed by atoms with E-state index in [2.05, 4.69) is 32.9 Å². The van der Waals surface area contributed by atoms with Crippen molar-refractivity contribution in [3.8, 4) is 5.75 Å². The van der Waals surface area contributed by atoms with Crippen LogP contribution in [0.4, 0.5) is 0 Å². The third-order valence-corrected chi connectivity index (χ3v) is 3.58. The van der Waals surface area contributed by atoms with Crippen LogP contribution in [0, 0.1) is 0 Å². The van der Waals surface area contributed by atoms with Crippen molar-refractivity contribution in [2.45, 2.75) is 26.2 Å². The molecule has 0 aliphatic rings. The molecule has 0 fully saturated rings. The van der Waals surface area contributed by atoms with Crippen LogP contribution in [0.25, 0.3) is 0 Å². The first-order valence-corrected chi connectivity index (χ1v) is 7.23. The molecule has 0 saturated heterocycles. The molecule has 0 saturated carbocycles. The third kappa shape index (κ3) is 3.81. The lowest BCUT2D eigenvalue weighted by molar-refractivity contribution is 0.560. The monoisotopic (exact) mass is 304 g/mol. The summed E-state index contributed by atoms with van der Waals surface area (Å²) in [5, 5.41) is 1.14. The van der Waals surface area contributed by atoms with Crippen LogP contribution in [-0.4, -0.2) is 5.05 Å². The largest absolute Gasteiger partial charge is 0.445 e. The minimum absolute atomic E-state index is 0.134. The Morgan fingerprint density at radius 2 is 1.50 bits per heavy atom. The van der Waals surface area contributed by atoms with Gasteiger partial charge in [-0.3, -0.25) is 0 Å². The minimum atomic E-state index is 0.134. The third-order valence-electron chi connectivity index (χ3n) is 3.01. The average molecular weight is 305 g/mol. The molecule has 0 unspecified atom stereocenters. The van der Waals surface area contributed by atoms with Crippen molar-refractivity contribution in [2.75, 3.05) is 0 Å². The predicted octanol–water partition coefficient (Wildman–Crippen LogP) is 5.39. The number of hydrogen-bond donors (Lipinski definition) is 0. The number of thiocarbonyl (C=S) groups is 1. The van der Waals surface area contributed by atoms with Crippen molar-refractivity contribution in [3.05, 3.63) is 64.7 Å². The lowest BCUT2D eigenvalue weighted by Gasteiger charge is -2.19. The Morgan fingerprint density at radius 3 is 2.00 bits per heavy atom. The van der Waals surface area contributed by atoms with Gasteiger partial charge in [0.15, 0.2) is 5.05 Å². The van der Waals surface area contributed by atoms with E-state index in [0.717, 1.165) is 11.3 Å². The lowest BCUT2D eigenvalue weighted by Crippen LogP contribution is -2.11. The van der Waals surface area contributed by atoms with Gasteiger partial charge in [0.25, 0.3) is 0 Å². The number of ether oxygens (including phenoxy) is 1. The molecule has 2 aromatic rings. The fourth-order valence-corrected chi connectivity index (χ4v) is 2.13. The molecule has 0 N–H and O–H groups in total. The Morgan fingerprint density at radius 1 is 0.950 bits per heavy atom. The lowest BCUT2D eigenvalue weighted by atomic mass is 9.87. The molecule has 2 rings (SSSR count). The van der Waals surface area contributed by atoms with E-state index >= 15 is 0 Å². The highest BCUT2D eigenvalue weighted by Gasteiger charge is 2.13. The van der Waals surface area contributed by atoms with E-state index in [1.807, 2.05) is 24.3 Å². The summed E-state index contributed by atoms with van der Waals surface area (Å²) in [5.74, 6) is 0.748.